The van der Waals surface area contributed by atoms with Crippen LogP contribution in [-0.4, -0.2) is 30.1 Å². The smallest absolute Gasteiger partial charge is 0.0196 e. The minimum atomic E-state index is 0.215. The zero-order chi connectivity index (χ0) is 10.0. The maximum absolute atomic E-state index is 6.22. The molecule has 0 radical (unpaired) electrons. The Bertz CT molecular complexity index is 185. The fourth-order valence-electron chi connectivity index (χ4n) is 2.59. The molecule has 2 nitrogen and oxygen atoms in total. The molecule has 1 saturated carbocycles. The normalized spacial score (nSPS) is 39.4. The molecule has 1 aliphatic carbocycles. The summed E-state index contributed by atoms with van der Waals surface area (Å²) in [6.45, 7) is 6.14. The first-order valence-electron chi connectivity index (χ1n) is 6.22. The Morgan fingerprint density at radius 3 is 2.29 bits per heavy atom. The van der Waals surface area contributed by atoms with Gasteiger partial charge in [0, 0.05) is 5.54 Å². The van der Waals surface area contributed by atoms with Crippen molar-refractivity contribution < 1.29 is 0 Å². The van der Waals surface area contributed by atoms with Crippen molar-refractivity contribution in [1.82, 2.24) is 4.90 Å². The molecule has 2 rings (SSSR count). The fraction of sp³-hybridized carbons (Fsp3) is 1.00. The van der Waals surface area contributed by atoms with E-state index in [-0.39, 0.29) is 5.54 Å². The first-order valence-corrected chi connectivity index (χ1v) is 6.22. The molecular weight excluding hydrogens is 172 g/mol. The van der Waals surface area contributed by atoms with E-state index in [0.717, 1.165) is 5.92 Å². The molecule has 2 aliphatic rings. The second kappa shape index (κ2) is 4.19. The van der Waals surface area contributed by atoms with Crippen molar-refractivity contribution in [3.05, 3.63) is 0 Å². The van der Waals surface area contributed by atoms with Crippen LogP contribution in [0.25, 0.3) is 0 Å². The number of hydrogen-bond acceptors (Lipinski definition) is 2. The molecule has 2 N–H and O–H groups in total. The fourth-order valence-corrected chi connectivity index (χ4v) is 2.59. The van der Waals surface area contributed by atoms with E-state index in [9.17, 15) is 0 Å². The summed E-state index contributed by atoms with van der Waals surface area (Å²) in [5.41, 5.74) is 6.43. The molecule has 0 aromatic rings. The van der Waals surface area contributed by atoms with Crippen molar-refractivity contribution in [2.45, 2.75) is 51.0 Å². The van der Waals surface area contributed by atoms with Crippen LogP contribution in [0.1, 0.15) is 45.4 Å². The highest BCUT2D eigenvalue weighted by Gasteiger charge is 2.46. The van der Waals surface area contributed by atoms with Gasteiger partial charge < -0.3 is 10.6 Å². The number of likely N-dealkylation sites (tertiary alicyclic amines) is 1. The molecule has 0 aromatic carbocycles. The lowest BCUT2D eigenvalue weighted by Crippen LogP contribution is -2.33. The van der Waals surface area contributed by atoms with E-state index in [4.69, 9.17) is 5.73 Å². The summed E-state index contributed by atoms with van der Waals surface area (Å²) in [4.78, 5) is 2.62. The van der Waals surface area contributed by atoms with Crippen LogP contribution in [0.2, 0.25) is 0 Å². The van der Waals surface area contributed by atoms with Gasteiger partial charge in [-0.15, -0.1) is 0 Å². The number of nitrogens with two attached hydrogens (primary N) is 1. The van der Waals surface area contributed by atoms with Crippen LogP contribution in [-0.2, 0) is 0 Å². The van der Waals surface area contributed by atoms with E-state index in [1.807, 2.05) is 0 Å². The lowest BCUT2D eigenvalue weighted by atomic mass is 10.1. The van der Waals surface area contributed by atoms with Crippen LogP contribution in [0.4, 0.5) is 0 Å². The van der Waals surface area contributed by atoms with Crippen molar-refractivity contribution in [3.63, 3.8) is 0 Å². The topological polar surface area (TPSA) is 29.3 Å². The second-order valence-corrected chi connectivity index (χ2v) is 5.34. The largest absolute Gasteiger partial charge is 0.325 e. The molecular formula is C12H24N2. The van der Waals surface area contributed by atoms with Crippen LogP contribution in [0.15, 0.2) is 0 Å². The minimum Gasteiger partial charge on any atom is -0.325 e. The van der Waals surface area contributed by atoms with E-state index < -0.39 is 0 Å². The molecule has 2 heteroatoms. The summed E-state index contributed by atoms with van der Waals surface area (Å²) in [5.74, 6) is 0.773. The average molecular weight is 196 g/mol. The lowest BCUT2D eigenvalue weighted by molar-refractivity contribution is 0.268. The lowest BCUT2D eigenvalue weighted by Gasteiger charge is -2.21. The molecule has 0 bridgehead atoms. The van der Waals surface area contributed by atoms with Crippen LogP contribution in [0.5, 0.6) is 0 Å². The molecule has 2 fully saturated rings. The van der Waals surface area contributed by atoms with Gasteiger partial charge in [-0.1, -0.05) is 19.8 Å². The summed E-state index contributed by atoms with van der Waals surface area (Å²) in [6, 6.07) is 0. The highest BCUT2D eigenvalue weighted by Crippen LogP contribution is 2.43. The number of nitrogens with zero attached hydrogens (tertiary/aromatic N) is 1. The van der Waals surface area contributed by atoms with Crippen molar-refractivity contribution in [2.75, 3.05) is 19.6 Å². The Morgan fingerprint density at radius 1 is 1.21 bits per heavy atom. The zero-order valence-electron chi connectivity index (χ0n) is 9.47. The molecule has 2 atom stereocenters. The Morgan fingerprint density at radius 2 is 1.79 bits per heavy atom. The van der Waals surface area contributed by atoms with E-state index in [1.165, 1.54) is 58.2 Å². The van der Waals surface area contributed by atoms with Crippen LogP contribution in [0.3, 0.4) is 0 Å². The van der Waals surface area contributed by atoms with Gasteiger partial charge in [-0.05, 0) is 51.2 Å². The average Bonchev–Trinajstić information content (AvgIpc) is 2.83. The molecule has 0 spiro atoms. The zero-order valence-corrected chi connectivity index (χ0v) is 9.47. The third kappa shape index (κ3) is 2.48. The quantitative estimate of drug-likeness (QED) is 0.748. The van der Waals surface area contributed by atoms with Gasteiger partial charge in [0.2, 0.25) is 0 Å². The molecule has 1 saturated heterocycles. The first-order chi connectivity index (χ1) is 6.71. The van der Waals surface area contributed by atoms with E-state index in [0.29, 0.717) is 0 Å². The summed E-state index contributed by atoms with van der Waals surface area (Å²) >= 11 is 0. The van der Waals surface area contributed by atoms with E-state index in [2.05, 4.69) is 11.8 Å². The van der Waals surface area contributed by atoms with E-state index >= 15 is 0 Å². The second-order valence-electron chi connectivity index (χ2n) is 5.34. The van der Waals surface area contributed by atoms with Crippen molar-refractivity contribution in [2.24, 2.45) is 11.7 Å². The molecule has 82 valence electrons. The van der Waals surface area contributed by atoms with Gasteiger partial charge in [-0.25, -0.2) is 0 Å². The van der Waals surface area contributed by atoms with Crippen LogP contribution < -0.4 is 5.73 Å². The first kappa shape index (κ1) is 10.4. The van der Waals surface area contributed by atoms with Gasteiger partial charge in [0.1, 0.15) is 0 Å². The summed E-state index contributed by atoms with van der Waals surface area (Å²) in [5, 5.41) is 0. The Labute approximate surface area is 87.8 Å². The molecule has 2 unspecified atom stereocenters. The van der Waals surface area contributed by atoms with Crippen LogP contribution >= 0.6 is 0 Å². The maximum Gasteiger partial charge on any atom is 0.0196 e. The third-order valence-electron chi connectivity index (χ3n) is 4.10. The molecule has 1 aliphatic heterocycles. The highest BCUT2D eigenvalue weighted by molar-refractivity contribution is 5.05. The third-order valence-corrected chi connectivity index (χ3v) is 4.10. The molecule has 14 heavy (non-hydrogen) atoms. The molecule has 1 heterocycles. The van der Waals surface area contributed by atoms with Gasteiger partial charge in [-0.3, -0.25) is 0 Å². The van der Waals surface area contributed by atoms with Gasteiger partial charge >= 0.3 is 0 Å². The van der Waals surface area contributed by atoms with Gasteiger partial charge in [0.15, 0.2) is 0 Å². The highest BCUT2D eigenvalue weighted by atomic mass is 15.1. The summed E-state index contributed by atoms with van der Waals surface area (Å²) < 4.78 is 0. The summed E-state index contributed by atoms with van der Waals surface area (Å²) in [6.07, 6.45) is 8.12. The minimum absolute atomic E-state index is 0.215. The summed E-state index contributed by atoms with van der Waals surface area (Å²) in [7, 11) is 0. The van der Waals surface area contributed by atoms with Crippen molar-refractivity contribution in [3.8, 4) is 0 Å². The van der Waals surface area contributed by atoms with Gasteiger partial charge in [0.25, 0.3) is 0 Å². The maximum atomic E-state index is 6.22. The van der Waals surface area contributed by atoms with Gasteiger partial charge in [-0.2, -0.15) is 0 Å². The Hall–Kier alpha value is -0.0800. The van der Waals surface area contributed by atoms with Crippen molar-refractivity contribution in [1.29, 1.82) is 0 Å². The molecule has 0 aromatic heterocycles. The Kier molecular flexibility index (Phi) is 3.13. The predicted molar refractivity (Wildman–Crippen MR) is 60.2 cm³/mol. The molecule has 0 amide bonds. The van der Waals surface area contributed by atoms with Crippen molar-refractivity contribution >= 4 is 0 Å². The van der Waals surface area contributed by atoms with Gasteiger partial charge in [0.05, 0.1) is 0 Å². The predicted octanol–water partition coefficient (Wildman–Crippen LogP) is 1.99. The monoisotopic (exact) mass is 196 g/mol. The Balaban J connectivity index is 1.69. The number of rotatable bonds is 3. The standard InChI is InChI=1S/C12H24N2/c1-11-10-12(11,13)6-9-14-7-4-2-3-5-8-14/h11H,2-10,13H2,1H3. The van der Waals surface area contributed by atoms with Crippen LogP contribution in [0, 0.1) is 5.92 Å². The van der Waals surface area contributed by atoms with E-state index in [1.54, 1.807) is 0 Å². The SMILES string of the molecule is CC1CC1(N)CCN1CCCCCC1. The number of hydrogen-bond donors (Lipinski definition) is 1.